The van der Waals surface area contributed by atoms with Gasteiger partial charge in [0, 0.05) is 6.04 Å². The fraction of sp³-hybridized carbons (Fsp3) is 0.538. The van der Waals surface area contributed by atoms with Crippen LogP contribution >= 0.6 is 0 Å². The number of rotatable bonds is 6. The maximum Gasteiger partial charge on any atom is 0.119 e. The summed E-state index contributed by atoms with van der Waals surface area (Å²) in [4.78, 5) is 0. The smallest absolute Gasteiger partial charge is 0.119 e. The molecule has 1 aromatic rings. The maximum atomic E-state index is 5.63. The van der Waals surface area contributed by atoms with E-state index in [0.29, 0.717) is 6.61 Å². The van der Waals surface area contributed by atoms with E-state index in [4.69, 9.17) is 10.5 Å². The summed E-state index contributed by atoms with van der Waals surface area (Å²) in [5.74, 6) is 0.931. The fourth-order valence-electron chi connectivity index (χ4n) is 1.40. The van der Waals surface area contributed by atoms with E-state index >= 15 is 0 Å². The molecule has 0 saturated carbocycles. The van der Waals surface area contributed by atoms with Gasteiger partial charge in [-0.25, -0.2) is 0 Å². The number of benzene rings is 1. The summed E-state index contributed by atoms with van der Waals surface area (Å²) in [5, 5.41) is 0. The molecule has 0 saturated heterocycles. The van der Waals surface area contributed by atoms with Gasteiger partial charge in [0.2, 0.25) is 0 Å². The molecule has 2 nitrogen and oxygen atoms in total. The largest absolute Gasteiger partial charge is 0.492 e. The highest BCUT2D eigenvalue weighted by Crippen LogP contribution is 2.15. The summed E-state index contributed by atoms with van der Waals surface area (Å²) in [6.07, 6.45) is 3.59. The van der Waals surface area contributed by atoms with Crippen LogP contribution in [0.15, 0.2) is 24.3 Å². The topological polar surface area (TPSA) is 35.2 Å². The lowest BCUT2D eigenvalue weighted by atomic mass is 10.1. The van der Waals surface area contributed by atoms with E-state index in [2.05, 4.69) is 19.1 Å². The van der Waals surface area contributed by atoms with Crippen LogP contribution in [0, 0.1) is 0 Å². The number of aryl methyl sites for hydroxylation is 1. The van der Waals surface area contributed by atoms with Crippen LogP contribution in [0.2, 0.25) is 0 Å². The predicted molar refractivity (Wildman–Crippen MR) is 64.2 cm³/mol. The minimum atomic E-state index is 0.0873. The average molecular weight is 207 g/mol. The molecule has 15 heavy (non-hydrogen) atoms. The molecule has 1 unspecified atom stereocenters. The first-order chi connectivity index (χ1) is 7.22. The molecule has 1 aromatic carbocycles. The standard InChI is InChI=1S/C13H21NO/c1-3-4-6-12-7-5-8-13(9-12)15-10-11(2)14/h5,7-9,11H,3-4,6,10,14H2,1-2H3. The molecule has 0 heterocycles. The Morgan fingerprint density at radius 3 is 2.87 bits per heavy atom. The number of hydrogen-bond donors (Lipinski definition) is 1. The van der Waals surface area contributed by atoms with Gasteiger partial charge in [-0.3, -0.25) is 0 Å². The molecule has 0 aliphatic heterocycles. The Morgan fingerprint density at radius 1 is 1.40 bits per heavy atom. The Labute approximate surface area is 92.4 Å². The Morgan fingerprint density at radius 2 is 2.20 bits per heavy atom. The van der Waals surface area contributed by atoms with Gasteiger partial charge in [-0.15, -0.1) is 0 Å². The van der Waals surface area contributed by atoms with Crippen molar-refractivity contribution in [3.63, 3.8) is 0 Å². The summed E-state index contributed by atoms with van der Waals surface area (Å²) in [6.45, 7) is 4.73. The minimum Gasteiger partial charge on any atom is -0.492 e. The SMILES string of the molecule is CCCCc1cccc(OCC(C)N)c1. The van der Waals surface area contributed by atoms with Crippen molar-refractivity contribution in [3.05, 3.63) is 29.8 Å². The quantitative estimate of drug-likeness (QED) is 0.778. The van der Waals surface area contributed by atoms with Crippen molar-refractivity contribution in [2.24, 2.45) is 5.73 Å². The third-order valence-corrected chi connectivity index (χ3v) is 2.23. The van der Waals surface area contributed by atoms with E-state index < -0.39 is 0 Å². The molecule has 0 bridgehead atoms. The maximum absolute atomic E-state index is 5.63. The van der Waals surface area contributed by atoms with Gasteiger partial charge in [0.05, 0.1) is 0 Å². The van der Waals surface area contributed by atoms with Gasteiger partial charge in [0.1, 0.15) is 12.4 Å². The fourth-order valence-corrected chi connectivity index (χ4v) is 1.40. The number of ether oxygens (including phenoxy) is 1. The lowest BCUT2D eigenvalue weighted by Gasteiger charge is -2.09. The van der Waals surface area contributed by atoms with Crippen molar-refractivity contribution in [2.75, 3.05) is 6.61 Å². The molecule has 1 rings (SSSR count). The van der Waals surface area contributed by atoms with Gasteiger partial charge >= 0.3 is 0 Å². The lowest BCUT2D eigenvalue weighted by molar-refractivity contribution is 0.296. The monoisotopic (exact) mass is 207 g/mol. The summed E-state index contributed by atoms with van der Waals surface area (Å²) < 4.78 is 5.56. The van der Waals surface area contributed by atoms with Crippen LogP contribution in [-0.4, -0.2) is 12.6 Å². The van der Waals surface area contributed by atoms with E-state index in [1.165, 1.54) is 18.4 Å². The molecule has 0 amide bonds. The average Bonchev–Trinajstić information content (AvgIpc) is 2.24. The number of hydrogen-bond acceptors (Lipinski definition) is 2. The van der Waals surface area contributed by atoms with Crippen LogP contribution < -0.4 is 10.5 Å². The normalized spacial score (nSPS) is 12.5. The molecule has 0 aromatic heterocycles. The molecule has 1 atom stereocenters. The summed E-state index contributed by atoms with van der Waals surface area (Å²) >= 11 is 0. The first-order valence-electron chi connectivity index (χ1n) is 5.69. The zero-order valence-electron chi connectivity index (χ0n) is 9.70. The van der Waals surface area contributed by atoms with Crippen LogP contribution in [0.25, 0.3) is 0 Å². The van der Waals surface area contributed by atoms with Gasteiger partial charge in [-0.2, -0.15) is 0 Å². The molecule has 84 valence electrons. The van der Waals surface area contributed by atoms with Crippen molar-refractivity contribution in [3.8, 4) is 5.75 Å². The van der Waals surface area contributed by atoms with Crippen molar-refractivity contribution >= 4 is 0 Å². The second-order valence-electron chi connectivity index (χ2n) is 4.04. The second-order valence-corrected chi connectivity index (χ2v) is 4.04. The van der Waals surface area contributed by atoms with Crippen LogP contribution in [0.3, 0.4) is 0 Å². The molecule has 0 aliphatic carbocycles. The molecule has 0 fully saturated rings. The molecular formula is C13H21NO. The molecule has 0 aliphatic rings. The molecular weight excluding hydrogens is 186 g/mol. The summed E-state index contributed by atoms with van der Waals surface area (Å²) in [5.41, 5.74) is 6.98. The lowest BCUT2D eigenvalue weighted by Crippen LogP contribution is -2.23. The van der Waals surface area contributed by atoms with E-state index in [1.807, 2.05) is 19.1 Å². The van der Waals surface area contributed by atoms with E-state index in [-0.39, 0.29) is 6.04 Å². The number of nitrogens with two attached hydrogens (primary N) is 1. The van der Waals surface area contributed by atoms with Gasteiger partial charge in [-0.05, 0) is 37.5 Å². The third-order valence-electron chi connectivity index (χ3n) is 2.23. The van der Waals surface area contributed by atoms with Crippen LogP contribution in [-0.2, 0) is 6.42 Å². The zero-order chi connectivity index (χ0) is 11.1. The first-order valence-corrected chi connectivity index (χ1v) is 5.69. The third kappa shape index (κ3) is 4.84. The van der Waals surface area contributed by atoms with Crippen molar-refractivity contribution < 1.29 is 4.74 Å². The van der Waals surface area contributed by atoms with Crippen LogP contribution in [0.1, 0.15) is 32.3 Å². The van der Waals surface area contributed by atoms with Gasteiger partial charge in [0.25, 0.3) is 0 Å². The van der Waals surface area contributed by atoms with Gasteiger partial charge < -0.3 is 10.5 Å². The van der Waals surface area contributed by atoms with Crippen molar-refractivity contribution in [2.45, 2.75) is 39.2 Å². The summed E-state index contributed by atoms with van der Waals surface area (Å²) in [7, 11) is 0. The highest BCUT2D eigenvalue weighted by Gasteiger charge is 1.98. The molecule has 2 N–H and O–H groups in total. The highest BCUT2D eigenvalue weighted by atomic mass is 16.5. The van der Waals surface area contributed by atoms with Crippen LogP contribution in [0.4, 0.5) is 0 Å². The number of unbranched alkanes of at least 4 members (excludes halogenated alkanes) is 1. The molecule has 0 radical (unpaired) electrons. The van der Waals surface area contributed by atoms with Gasteiger partial charge in [0.15, 0.2) is 0 Å². The minimum absolute atomic E-state index is 0.0873. The first kappa shape index (κ1) is 12.1. The highest BCUT2D eigenvalue weighted by molar-refractivity contribution is 5.28. The Hall–Kier alpha value is -1.02. The van der Waals surface area contributed by atoms with E-state index in [1.54, 1.807) is 0 Å². The van der Waals surface area contributed by atoms with Crippen molar-refractivity contribution in [1.29, 1.82) is 0 Å². The molecule has 0 spiro atoms. The Bertz CT molecular complexity index is 284. The zero-order valence-corrected chi connectivity index (χ0v) is 9.70. The summed E-state index contributed by atoms with van der Waals surface area (Å²) in [6, 6.07) is 8.37. The Kier molecular flexibility index (Phi) is 5.19. The van der Waals surface area contributed by atoms with E-state index in [0.717, 1.165) is 12.2 Å². The second kappa shape index (κ2) is 6.46. The van der Waals surface area contributed by atoms with Gasteiger partial charge in [-0.1, -0.05) is 25.5 Å². The Balaban J connectivity index is 2.50. The molecule has 2 heteroatoms. The predicted octanol–water partition coefficient (Wildman–Crippen LogP) is 2.76. The van der Waals surface area contributed by atoms with E-state index in [9.17, 15) is 0 Å². The van der Waals surface area contributed by atoms with Crippen LogP contribution in [0.5, 0.6) is 5.75 Å². The van der Waals surface area contributed by atoms with Crippen molar-refractivity contribution in [1.82, 2.24) is 0 Å².